The topological polar surface area (TPSA) is 53.4 Å². The van der Waals surface area contributed by atoms with Crippen molar-refractivity contribution in [3.63, 3.8) is 0 Å². The van der Waals surface area contributed by atoms with Crippen LogP contribution in [0.4, 0.5) is 13.2 Å². The standard InChI is InChI=1S/C21H18ClF3N2O3/c1-12-5-17(30-21(24)25)4-3-14(12)8-19-26-20(28)18(29-2)11-27(19)10-13-6-15(22)9-16(23)7-13/h3-7,9,11,21H,8,10H2,1-2H3. The van der Waals surface area contributed by atoms with Crippen molar-refractivity contribution in [2.75, 3.05) is 7.11 Å². The maximum Gasteiger partial charge on any atom is 0.387 e. The van der Waals surface area contributed by atoms with E-state index in [9.17, 15) is 18.0 Å². The number of ether oxygens (including phenoxy) is 2. The predicted molar refractivity (Wildman–Crippen MR) is 106 cm³/mol. The normalized spacial score (nSPS) is 11.0. The molecule has 0 radical (unpaired) electrons. The Labute approximate surface area is 175 Å². The number of nitrogens with zero attached hydrogens (tertiary/aromatic N) is 2. The Bertz CT molecular complexity index is 1100. The average Bonchev–Trinajstić information content (AvgIpc) is 2.64. The van der Waals surface area contributed by atoms with E-state index in [0.717, 1.165) is 5.56 Å². The van der Waals surface area contributed by atoms with Gasteiger partial charge in [-0.15, -0.1) is 0 Å². The van der Waals surface area contributed by atoms with E-state index in [2.05, 4.69) is 9.72 Å². The van der Waals surface area contributed by atoms with E-state index in [-0.39, 0.29) is 29.5 Å². The summed E-state index contributed by atoms with van der Waals surface area (Å²) in [5.74, 6) is -0.00307. The predicted octanol–water partition coefficient (Wildman–Crippen LogP) is 4.59. The van der Waals surface area contributed by atoms with Crippen molar-refractivity contribution in [3.8, 4) is 11.5 Å². The number of hydrogen-bond acceptors (Lipinski definition) is 4. The number of halogens is 4. The lowest BCUT2D eigenvalue weighted by Crippen LogP contribution is -2.20. The molecule has 0 N–H and O–H groups in total. The summed E-state index contributed by atoms with van der Waals surface area (Å²) in [6, 6.07) is 8.69. The second kappa shape index (κ2) is 9.21. The molecule has 0 spiro atoms. The van der Waals surface area contributed by atoms with Gasteiger partial charge in [0.1, 0.15) is 17.4 Å². The van der Waals surface area contributed by atoms with Gasteiger partial charge in [0, 0.05) is 18.0 Å². The number of aromatic nitrogens is 2. The van der Waals surface area contributed by atoms with Crippen molar-refractivity contribution < 1.29 is 22.6 Å². The van der Waals surface area contributed by atoms with Gasteiger partial charge in [-0.25, -0.2) is 4.39 Å². The number of hydrogen-bond donors (Lipinski definition) is 0. The number of rotatable bonds is 7. The molecule has 5 nitrogen and oxygen atoms in total. The molecule has 0 aliphatic rings. The molecule has 0 bridgehead atoms. The van der Waals surface area contributed by atoms with E-state index in [4.69, 9.17) is 16.3 Å². The molecule has 0 atom stereocenters. The Kier molecular flexibility index (Phi) is 6.66. The highest BCUT2D eigenvalue weighted by Gasteiger charge is 2.13. The minimum absolute atomic E-state index is 0.0404. The molecular formula is C21H18ClF3N2O3. The van der Waals surface area contributed by atoms with Gasteiger partial charge in [0.05, 0.1) is 13.3 Å². The highest BCUT2D eigenvalue weighted by Crippen LogP contribution is 2.22. The van der Waals surface area contributed by atoms with Gasteiger partial charge in [0.15, 0.2) is 0 Å². The molecule has 158 valence electrons. The summed E-state index contributed by atoms with van der Waals surface area (Å²) in [4.78, 5) is 16.3. The van der Waals surface area contributed by atoms with Crippen molar-refractivity contribution in [1.82, 2.24) is 9.55 Å². The summed E-state index contributed by atoms with van der Waals surface area (Å²) in [7, 11) is 1.35. The first kappa shape index (κ1) is 21.7. The third-order valence-electron chi connectivity index (χ3n) is 4.43. The second-order valence-electron chi connectivity index (χ2n) is 6.58. The third kappa shape index (κ3) is 5.33. The van der Waals surface area contributed by atoms with Gasteiger partial charge >= 0.3 is 12.2 Å². The molecule has 1 heterocycles. The van der Waals surface area contributed by atoms with Gasteiger partial charge in [-0.05, 0) is 53.9 Å². The minimum atomic E-state index is -2.92. The minimum Gasteiger partial charge on any atom is -0.490 e. The van der Waals surface area contributed by atoms with Crippen LogP contribution in [0.1, 0.15) is 22.5 Å². The number of alkyl halides is 2. The molecule has 0 aliphatic heterocycles. The molecular weight excluding hydrogens is 421 g/mol. The molecule has 0 saturated heterocycles. The molecule has 0 unspecified atom stereocenters. The fraction of sp³-hybridized carbons (Fsp3) is 0.238. The summed E-state index contributed by atoms with van der Waals surface area (Å²) in [6.45, 7) is -0.976. The van der Waals surface area contributed by atoms with Crippen molar-refractivity contribution in [1.29, 1.82) is 0 Å². The van der Waals surface area contributed by atoms with Gasteiger partial charge in [0.25, 0.3) is 0 Å². The molecule has 0 amide bonds. The highest BCUT2D eigenvalue weighted by atomic mass is 35.5. The maximum atomic E-state index is 13.7. The monoisotopic (exact) mass is 438 g/mol. The first-order chi connectivity index (χ1) is 14.2. The first-order valence-corrected chi connectivity index (χ1v) is 9.26. The van der Waals surface area contributed by atoms with E-state index in [0.29, 0.717) is 17.0 Å². The zero-order valence-electron chi connectivity index (χ0n) is 16.2. The lowest BCUT2D eigenvalue weighted by atomic mass is 10.0. The molecule has 0 saturated carbocycles. The van der Waals surface area contributed by atoms with Crippen LogP contribution < -0.4 is 15.0 Å². The smallest absolute Gasteiger partial charge is 0.387 e. The molecule has 3 aromatic rings. The Balaban J connectivity index is 1.97. The van der Waals surface area contributed by atoms with E-state index in [1.807, 2.05) is 0 Å². The molecule has 0 fully saturated rings. The maximum absolute atomic E-state index is 13.7. The second-order valence-corrected chi connectivity index (χ2v) is 7.02. The SMILES string of the molecule is COc1cn(Cc2cc(F)cc(Cl)c2)c(Cc2ccc(OC(F)F)cc2C)nc1=O. The molecule has 9 heteroatoms. The van der Waals surface area contributed by atoms with Crippen molar-refractivity contribution in [3.05, 3.63) is 86.3 Å². The summed E-state index contributed by atoms with van der Waals surface area (Å²) in [5, 5.41) is 0.248. The van der Waals surface area contributed by atoms with Crippen molar-refractivity contribution >= 4 is 11.6 Å². The Hall–Kier alpha value is -3.00. The highest BCUT2D eigenvalue weighted by molar-refractivity contribution is 6.30. The van der Waals surface area contributed by atoms with Crippen molar-refractivity contribution in [2.24, 2.45) is 0 Å². The fourth-order valence-electron chi connectivity index (χ4n) is 3.04. The van der Waals surface area contributed by atoms with Crippen molar-refractivity contribution in [2.45, 2.75) is 26.5 Å². The molecule has 0 aliphatic carbocycles. The Morgan fingerprint density at radius 3 is 2.60 bits per heavy atom. The zero-order chi connectivity index (χ0) is 21.8. The number of benzene rings is 2. The Morgan fingerprint density at radius 1 is 1.20 bits per heavy atom. The fourth-order valence-corrected chi connectivity index (χ4v) is 3.28. The van der Waals surface area contributed by atoms with Crippen LogP contribution in [0.15, 0.2) is 47.4 Å². The molecule has 2 aromatic carbocycles. The number of methoxy groups -OCH3 is 1. The van der Waals surface area contributed by atoms with Gasteiger partial charge < -0.3 is 14.0 Å². The Morgan fingerprint density at radius 2 is 1.97 bits per heavy atom. The van der Waals surface area contributed by atoms with Crippen LogP contribution in [0.3, 0.4) is 0 Å². The van der Waals surface area contributed by atoms with Crippen LogP contribution in [0.25, 0.3) is 0 Å². The summed E-state index contributed by atoms with van der Waals surface area (Å²) >= 11 is 5.94. The lowest BCUT2D eigenvalue weighted by molar-refractivity contribution is -0.0498. The summed E-state index contributed by atoms with van der Waals surface area (Å²) < 4.78 is 49.7. The quantitative estimate of drug-likeness (QED) is 0.541. The number of aryl methyl sites for hydroxylation is 1. The largest absolute Gasteiger partial charge is 0.490 e. The summed E-state index contributed by atoms with van der Waals surface area (Å²) in [6.07, 6.45) is 1.73. The van der Waals surface area contributed by atoms with E-state index >= 15 is 0 Å². The van der Waals surface area contributed by atoms with Gasteiger partial charge in [-0.2, -0.15) is 13.8 Å². The first-order valence-electron chi connectivity index (χ1n) is 8.89. The van der Waals surface area contributed by atoms with Crippen LogP contribution >= 0.6 is 11.6 Å². The third-order valence-corrected chi connectivity index (χ3v) is 4.65. The van der Waals surface area contributed by atoms with E-state index < -0.39 is 18.0 Å². The average molecular weight is 439 g/mol. The summed E-state index contributed by atoms with van der Waals surface area (Å²) in [5.41, 5.74) is 1.49. The zero-order valence-corrected chi connectivity index (χ0v) is 16.9. The van der Waals surface area contributed by atoms with Gasteiger partial charge in [0.2, 0.25) is 5.75 Å². The van der Waals surface area contributed by atoms with Crippen LogP contribution in [0.5, 0.6) is 11.5 Å². The van der Waals surface area contributed by atoms with Crippen LogP contribution in [0.2, 0.25) is 5.02 Å². The molecule has 3 rings (SSSR count). The molecule has 1 aromatic heterocycles. The van der Waals surface area contributed by atoms with Crippen LogP contribution in [0, 0.1) is 12.7 Å². The van der Waals surface area contributed by atoms with Crippen LogP contribution in [-0.2, 0) is 13.0 Å². The van der Waals surface area contributed by atoms with Gasteiger partial charge in [-0.1, -0.05) is 17.7 Å². The van der Waals surface area contributed by atoms with E-state index in [1.165, 1.54) is 37.6 Å². The molecule has 30 heavy (non-hydrogen) atoms. The lowest BCUT2D eigenvalue weighted by Gasteiger charge is -2.16. The van der Waals surface area contributed by atoms with E-state index in [1.54, 1.807) is 23.6 Å². The van der Waals surface area contributed by atoms with Crippen LogP contribution in [-0.4, -0.2) is 23.3 Å². The van der Waals surface area contributed by atoms with Gasteiger partial charge in [-0.3, -0.25) is 4.79 Å².